The lowest BCUT2D eigenvalue weighted by Crippen LogP contribution is -2.30. The third kappa shape index (κ3) is 1.72. The molecule has 5 nitrogen and oxygen atoms in total. The predicted molar refractivity (Wildman–Crippen MR) is 60.2 cm³/mol. The van der Waals surface area contributed by atoms with E-state index in [1.165, 1.54) is 0 Å². The van der Waals surface area contributed by atoms with Gasteiger partial charge in [0.15, 0.2) is 0 Å². The molecule has 0 spiro atoms. The zero-order valence-corrected chi connectivity index (χ0v) is 9.52. The van der Waals surface area contributed by atoms with Crippen LogP contribution in [0.5, 0.6) is 0 Å². The van der Waals surface area contributed by atoms with Crippen LogP contribution in [0.3, 0.4) is 0 Å². The molecule has 1 fully saturated rings. The Bertz CT molecular complexity index is 472. The van der Waals surface area contributed by atoms with Gasteiger partial charge in [-0.1, -0.05) is 6.07 Å². The highest BCUT2D eigenvalue weighted by molar-refractivity contribution is 14.1. The highest BCUT2D eigenvalue weighted by atomic mass is 127. The maximum Gasteiger partial charge on any atom is 0.336 e. The van der Waals surface area contributed by atoms with E-state index in [0.717, 1.165) is 8.47 Å². The Labute approximate surface area is 98.6 Å². The molecule has 1 aliphatic heterocycles. The van der Waals surface area contributed by atoms with Crippen LogP contribution in [-0.2, 0) is 9.59 Å². The molecule has 0 radical (unpaired) electrons. The van der Waals surface area contributed by atoms with Gasteiger partial charge in [-0.25, -0.2) is 9.69 Å². The van der Waals surface area contributed by atoms with Crippen molar-refractivity contribution in [3.8, 4) is 0 Å². The van der Waals surface area contributed by atoms with Crippen LogP contribution < -0.4 is 10.2 Å². The summed E-state index contributed by atoms with van der Waals surface area (Å²) in [6.45, 7) is 0. The fraction of sp³-hybridized carbons (Fsp3) is 0. The van der Waals surface area contributed by atoms with E-state index in [2.05, 4.69) is 22.6 Å². The SMILES string of the molecule is O=C1NC(=O)N(c2cccc(I)c2)C1=O. The van der Waals surface area contributed by atoms with E-state index in [4.69, 9.17) is 0 Å². The zero-order chi connectivity index (χ0) is 11.0. The van der Waals surface area contributed by atoms with Crippen LogP contribution in [0.2, 0.25) is 0 Å². The van der Waals surface area contributed by atoms with Gasteiger partial charge < -0.3 is 0 Å². The van der Waals surface area contributed by atoms with Crippen molar-refractivity contribution in [3.05, 3.63) is 27.8 Å². The van der Waals surface area contributed by atoms with Crippen LogP contribution in [0.1, 0.15) is 0 Å². The van der Waals surface area contributed by atoms with Crippen molar-refractivity contribution in [1.82, 2.24) is 5.32 Å². The molecule has 6 heteroatoms. The fourth-order valence-corrected chi connectivity index (χ4v) is 1.78. The smallest absolute Gasteiger partial charge is 0.269 e. The minimum Gasteiger partial charge on any atom is -0.269 e. The van der Waals surface area contributed by atoms with Crippen molar-refractivity contribution < 1.29 is 14.4 Å². The average Bonchev–Trinajstić information content (AvgIpc) is 2.41. The molecule has 1 aliphatic rings. The van der Waals surface area contributed by atoms with E-state index < -0.39 is 17.8 Å². The van der Waals surface area contributed by atoms with Crippen molar-refractivity contribution >= 4 is 46.1 Å². The number of urea groups is 1. The van der Waals surface area contributed by atoms with Gasteiger partial charge in [-0.3, -0.25) is 14.9 Å². The van der Waals surface area contributed by atoms with Gasteiger partial charge in [-0.05, 0) is 40.8 Å². The summed E-state index contributed by atoms with van der Waals surface area (Å²) in [5, 5.41) is 1.93. The van der Waals surface area contributed by atoms with Gasteiger partial charge in [-0.15, -0.1) is 0 Å². The second kappa shape index (κ2) is 3.61. The van der Waals surface area contributed by atoms with Gasteiger partial charge >= 0.3 is 17.8 Å². The quantitative estimate of drug-likeness (QED) is 0.475. The summed E-state index contributed by atoms with van der Waals surface area (Å²) >= 11 is 2.06. The van der Waals surface area contributed by atoms with E-state index >= 15 is 0 Å². The topological polar surface area (TPSA) is 66.5 Å². The van der Waals surface area contributed by atoms with Crippen molar-refractivity contribution in [2.45, 2.75) is 0 Å². The summed E-state index contributed by atoms with van der Waals surface area (Å²) in [5.41, 5.74) is 0.398. The number of hydrogen-bond donors (Lipinski definition) is 1. The highest BCUT2D eigenvalue weighted by Gasteiger charge is 2.37. The lowest BCUT2D eigenvalue weighted by molar-refractivity contribution is -0.134. The number of carbonyl (C=O) groups is 3. The molecule has 0 aromatic heterocycles. The van der Waals surface area contributed by atoms with Gasteiger partial charge in [0.2, 0.25) is 0 Å². The van der Waals surface area contributed by atoms with Gasteiger partial charge in [0.05, 0.1) is 5.69 Å². The maximum absolute atomic E-state index is 11.3. The minimum absolute atomic E-state index is 0.398. The number of nitrogens with one attached hydrogen (secondary N) is 1. The van der Waals surface area contributed by atoms with E-state index in [-0.39, 0.29) is 0 Å². The van der Waals surface area contributed by atoms with Gasteiger partial charge in [-0.2, -0.15) is 0 Å². The average molecular weight is 316 g/mol. The second-order valence-electron chi connectivity index (χ2n) is 2.88. The molecule has 76 valence electrons. The predicted octanol–water partition coefficient (Wildman–Crippen LogP) is 0.874. The number of amides is 4. The third-order valence-electron chi connectivity index (χ3n) is 1.89. The molecule has 0 bridgehead atoms. The van der Waals surface area contributed by atoms with Gasteiger partial charge in [0.1, 0.15) is 0 Å². The zero-order valence-electron chi connectivity index (χ0n) is 7.36. The Kier molecular flexibility index (Phi) is 2.43. The van der Waals surface area contributed by atoms with Crippen LogP contribution in [0, 0.1) is 3.57 Å². The first-order valence-electron chi connectivity index (χ1n) is 4.04. The number of benzene rings is 1. The normalized spacial score (nSPS) is 15.8. The first-order chi connectivity index (χ1) is 7.09. The van der Waals surface area contributed by atoms with Crippen LogP contribution in [0.25, 0.3) is 0 Å². The molecule has 1 heterocycles. The summed E-state index contributed by atoms with van der Waals surface area (Å²) in [5.74, 6) is -1.74. The van der Waals surface area contributed by atoms with Crippen molar-refractivity contribution in [2.75, 3.05) is 4.90 Å². The second-order valence-corrected chi connectivity index (χ2v) is 4.13. The van der Waals surface area contributed by atoms with E-state index in [0.29, 0.717) is 5.69 Å². The molecule has 0 atom stereocenters. The largest absolute Gasteiger partial charge is 0.336 e. The molecule has 4 amide bonds. The fourth-order valence-electron chi connectivity index (χ4n) is 1.25. The maximum atomic E-state index is 11.3. The number of carbonyl (C=O) groups excluding carboxylic acids is 3. The third-order valence-corrected chi connectivity index (χ3v) is 2.56. The molecule has 1 aromatic rings. The summed E-state index contributed by atoms with van der Waals surface area (Å²) in [6, 6.07) is 6.08. The van der Waals surface area contributed by atoms with Crippen molar-refractivity contribution in [3.63, 3.8) is 0 Å². The van der Waals surface area contributed by atoms with Crippen LogP contribution in [0.4, 0.5) is 10.5 Å². The Morgan fingerprint density at radius 2 is 1.93 bits per heavy atom. The summed E-state index contributed by atoms with van der Waals surface area (Å²) in [7, 11) is 0. The summed E-state index contributed by atoms with van der Waals surface area (Å²) < 4.78 is 0.880. The molecule has 0 aliphatic carbocycles. The lowest BCUT2D eigenvalue weighted by Gasteiger charge is -2.10. The first-order valence-corrected chi connectivity index (χ1v) is 5.12. The number of halogens is 1. The van der Waals surface area contributed by atoms with Gasteiger partial charge in [0.25, 0.3) is 0 Å². The molecular weight excluding hydrogens is 311 g/mol. The molecule has 15 heavy (non-hydrogen) atoms. The van der Waals surface area contributed by atoms with E-state index in [1.54, 1.807) is 18.2 Å². The number of anilines is 1. The highest BCUT2D eigenvalue weighted by Crippen LogP contribution is 2.19. The first kappa shape index (κ1) is 10.1. The van der Waals surface area contributed by atoms with Crippen molar-refractivity contribution in [2.24, 2.45) is 0 Å². The molecular formula is C9H5IN2O3. The summed E-state index contributed by atoms with van der Waals surface area (Å²) in [6.07, 6.45) is 0. The Balaban J connectivity index is 2.43. The number of imide groups is 2. The molecule has 1 aromatic carbocycles. The van der Waals surface area contributed by atoms with Crippen molar-refractivity contribution in [1.29, 1.82) is 0 Å². The Hall–Kier alpha value is -1.44. The van der Waals surface area contributed by atoms with Crippen LogP contribution in [0.15, 0.2) is 24.3 Å². The molecule has 0 saturated carbocycles. The molecule has 1 saturated heterocycles. The van der Waals surface area contributed by atoms with Crippen LogP contribution >= 0.6 is 22.6 Å². The van der Waals surface area contributed by atoms with E-state index in [1.807, 2.05) is 11.4 Å². The van der Waals surface area contributed by atoms with E-state index in [9.17, 15) is 14.4 Å². The minimum atomic E-state index is -0.890. The monoisotopic (exact) mass is 316 g/mol. The van der Waals surface area contributed by atoms with Crippen LogP contribution in [-0.4, -0.2) is 17.8 Å². The van der Waals surface area contributed by atoms with Gasteiger partial charge in [0, 0.05) is 3.57 Å². The number of rotatable bonds is 1. The standard InChI is InChI=1S/C9H5IN2O3/c10-5-2-1-3-6(4-5)12-8(14)7(13)11-9(12)15/h1-4H,(H,11,13,15). The number of nitrogens with zero attached hydrogens (tertiary/aromatic N) is 1. The lowest BCUT2D eigenvalue weighted by atomic mass is 10.3. The molecule has 2 rings (SSSR count). The number of hydrogen-bond acceptors (Lipinski definition) is 3. The molecule has 1 N–H and O–H groups in total. The summed E-state index contributed by atoms with van der Waals surface area (Å²) in [4.78, 5) is 34.3. The Morgan fingerprint density at radius 1 is 1.20 bits per heavy atom. The molecule has 0 unspecified atom stereocenters. The Morgan fingerprint density at radius 3 is 2.47 bits per heavy atom.